The van der Waals surface area contributed by atoms with Gasteiger partial charge in [-0.1, -0.05) is 24.3 Å². The number of fused-ring (bicyclic) bond motifs is 1. The molecule has 25 heavy (non-hydrogen) atoms. The van der Waals surface area contributed by atoms with Gasteiger partial charge in [-0.25, -0.2) is 0 Å². The number of ketones is 2. The fourth-order valence-corrected chi connectivity index (χ4v) is 2.60. The standard InChI is InChI=1S/C18H13F3O4/c1-17(2)16(23)15(22)12-8-7-10(9-14(12)24-17)11-5-3-4-6-13(11)25-18(19,20)21/h3-9H,1-2H3. The first-order chi connectivity index (χ1) is 11.6. The maximum atomic E-state index is 12.6. The molecule has 0 fully saturated rings. The largest absolute Gasteiger partial charge is 0.573 e. The molecule has 0 spiro atoms. The van der Waals surface area contributed by atoms with Gasteiger partial charge in [-0.2, -0.15) is 0 Å². The maximum absolute atomic E-state index is 12.6. The Kier molecular flexibility index (Phi) is 3.82. The van der Waals surface area contributed by atoms with Crippen molar-refractivity contribution >= 4 is 11.6 Å². The van der Waals surface area contributed by atoms with Crippen LogP contribution >= 0.6 is 0 Å². The summed E-state index contributed by atoms with van der Waals surface area (Å²) in [6.07, 6.45) is -4.83. The van der Waals surface area contributed by atoms with Gasteiger partial charge < -0.3 is 9.47 Å². The highest BCUT2D eigenvalue weighted by Crippen LogP contribution is 2.38. The molecule has 130 valence electrons. The fourth-order valence-electron chi connectivity index (χ4n) is 2.60. The summed E-state index contributed by atoms with van der Waals surface area (Å²) in [7, 11) is 0. The molecule has 0 atom stereocenters. The predicted octanol–water partition coefficient (Wildman–Crippen LogP) is 4.18. The normalized spacial score (nSPS) is 16.2. The van der Waals surface area contributed by atoms with E-state index >= 15 is 0 Å². The van der Waals surface area contributed by atoms with Gasteiger partial charge in [-0.3, -0.25) is 9.59 Å². The lowest BCUT2D eigenvalue weighted by Crippen LogP contribution is -2.46. The van der Waals surface area contributed by atoms with E-state index in [-0.39, 0.29) is 22.6 Å². The molecule has 0 radical (unpaired) electrons. The smallest absolute Gasteiger partial charge is 0.479 e. The Morgan fingerprint density at radius 3 is 2.36 bits per heavy atom. The highest BCUT2D eigenvalue weighted by Gasteiger charge is 2.42. The Labute approximate surface area is 141 Å². The second-order valence-electron chi connectivity index (χ2n) is 6.03. The van der Waals surface area contributed by atoms with E-state index < -0.39 is 23.5 Å². The zero-order valence-electron chi connectivity index (χ0n) is 13.3. The van der Waals surface area contributed by atoms with E-state index in [0.717, 1.165) is 0 Å². The van der Waals surface area contributed by atoms with Crippen LogP contribution in [0.4, 0.5) is 13.2 Å². The average molecular weight is 350 g/mol. The fraction of sp³-hybridized carbons (Fsp3) is 0.222. The molecule has 1 aliphatic heterocycles. The van der Waals surface area contributed by atoms with Crippen molar-refractivity contribution in [2.45, 2.75) is 25.8 Å². The Bertz CT molecular complexity index is 869. The first-order valence-electron chi connectivity index (χ1n) is 7.36. The molecule has 0 amide bonds. The van der Waals surface area contributed by atoms with E-state index in [1.54, 1.807) is 6.07 Å². The van der Waals surface area contributed by atoms with Crippen LogP contribution in [0.25, 0.3) is 11.1 Å². The summed E-state index contributed by atoms with van der Waals surface area (Å²) in [5, 5.41) is 0. The molecule has 0 saturated carbocycles. The van der Waals surface area contributed by atoms with E-state index in [1.807, 2.05) is 0 Å². The lowest BCUT2D eigenvalue weighted by atomic mass is 9.90. The van der Waals surface area contributed by atoms with Gasteiger partial charge in [0.2, 0.25) is 11.6 Å². The van der Waals surface area contributed by atoms with Crippen LogP contribution in [0.2, 0.25) is 0 Å². The molecule has 0 aliphatic carbocycles. The monoisotopic (exact) mass is 350 g/mol. The van der Waals surface area contributed by atoms with Crippen molar-refractivity contribution in [1.29, 1.82) is 0 Å². The molecule has 2 aromatic carbocycles. The molecule has 4 nitrogen and oxygen atoms in total. The van der Waals surface area contributed by atoms with Crippen molar-refractivity contribution in [2.24, 2.45) is 0 Å². The predicted molar refractivity (Wildman–Crippen MR) is 82.6 cm³/mol. The Hall–Kier alpha value is -2.83. The van der Waals surface area contributed by atoms with Crippen LogP contribution in [0.1, 0.15) is 24.2 Å². The van der Waals surface area contributed by atoms with Gasteiger partial charge in [0.15, 0.2) is 5.60 Å². The molecule has 1 heterocycles. The number of benzene rings is 2. The first kappa shape index (κ1) is 17.0. The topological polar surface area (TPSA) is 52.6 Å². The van der Waals surface area contributed by atoms with E-state index in [4.69, 9.17) is 4.74 Å². The second-order valence-corrected chi connectivity index (χ2v) is 6.03. The SMILES string of the molecule is CC1(C)Oc2cc(-c3ccccc3OC(F)(F)F)ccc2C(=O)C1=O. The van der Waals surface area contributed by atoms with Gasteiger partial charge in [0.1, 0.15) is 11.5 Å². The molecule has 2 aromatic rings. The molecule has 0 aromatic heterocycles. The number of para-hydroxylation sites is 1. The quantitative estimate of drug-likeness (QED) is 0.763. The van der Waals surface area contributed by atoms with Crippen LogP contribution in [-0.2, 0) is 4.79 Å². The molecule has 0 unspecified atom stereocenters. The number of hydrogen-bond acceptors (Lipinski definition) is 4. The number of carbonyl (C=O) groups excluding carboxylic acids is 2. The van der Waals surface area contributed by atoms with E-state index in [2.05, 4.69) is 4.74 Å². The number of alkyl halides is 3. The van der Waals surface area contributed by atoms with Crippen LogP contribution < -0.4 is 9.47 Å². The third kappa shape index (κ3) is 3.22. The van der Waals surface area contributed by atoms with Crippen LogP contribution in [-0.4, -0.2) is 23.5 Å². The minimum atomic E-state index is -4.83. The number of carbonyl (C=O) groups is 2. The molecule has 1 aliphatic rings. The summed E-state index contributed by atoms with van der Waals surface area (Å²) >= 11 is 0. The lowest BCUT2D eigenvalue weighted by Gasteiger charge is -2.30. The van der Waals surface area contributed by atoms with Crippen LogP contribution in [0.15, 0.2) is 42.5 Å². The molecule has 7 heteroatoms. The van der Waals surface area contributed by atoms with E-state index in [9.17, 15) is 22.8 Å². The zero-order chi connectivity index (χ0) is 18.4. The van der Waals surface area contributed by atoms with Gasteiger partial charge in [0, 0.05) is 5.56 Å². The second kappa shape index (κ2) is 5.61. The van der Waals surface area contributed by atoms with E-state index in [0.29, 0.717) is 5.56 Å². The van der Waals surface area contributed by atoms with Crippen molar-refractivity contribution in [1.82, 2.24) is 0 Å². The highest BCUT2D eigenvalue weighted by molar-refractivity contribution is 6.47. The lowest BCUT2D eigenvalue weighted by molar-refractivity contribution is -0.274. The number of rotatable bonds is 2. The highest BCUT2D eigenvalue weighted by atomic mass is 19.4. The maximum Gasteiger partial charge on any atom is 0.573 e. The Morgan fingerprint density at radius 2 is 1.68 bits per heavy atom. The van der Waals surface area contributed by atoms with E-state index in [1.165, 1.54) is 50.2 Å². The summed E-state index contributed by atoms with van der Waals surface area (Å²) in [6, 6.07) is 9.89. The summed E-state index contributed by atoms with van der Waals surface area (Å²) < 4.78 is 47.4. The molecule has 0 N–H and O–H groups in total. The van der Waals surface area contributed by atoms with Gasteiger partial charge in [-0.15, -0.1) is 13.2 Å². The average Bonchev–Trinajstić information content (AvgIpc) is 2.51. The molecular weight excluding hydrogens is 337 g/mol. The first-order valence-corrected chi connectivity index (χ1v) is 7.36. The summed E-state index contributed by atoms with van der Waals surface area (Å²) in [5.41, 5.74) is -0.683. The van der Waals surface area contributed by atoms with Crippen molar-refractivity contribution in [3.8, 4) is 22.6 Å². The van der Waals surface area contributed by atoms with Crippen molar-refractivity contribution in [3.05, 3.63) is 48.0 Å². The zero-order valence-corrected chi connectivity index (χ0v) is 13.3. The van der Waals surface area contributed by atoms with Crippen molar-refractivity contribution in [2.75, 3.05) is 0 Å². The van der Waals surface area contributed by atoms with Gasteiger partial charge in [0.25, 0.3) is 0 Å². The molecule has 0 saturated heterocycles. The van der Waals surface area contributed by atoms with Gasteiger partial charge >= 0.3 is 6.36 Å². The number of Topliss-reactive ketones (excluding diaryl/α,β-unsaturated/α-hetero) is 2. The third-order valence-electron chi connectivity index (χ3n) is 3.77. The van der Waals surface area contributed by atoms with Gasteiger partial charge in [0.05, 0.1) is 5.56 Å². The van der Waals surface area contributed by atoms with Gasteiger partial charge in [-0.05, 0) is 37.6 Å². The summed E-state index contributed by atoms with van der Waals surface area (Å²) in [4.78, 5) is 24.1. The van der Waals surface area contributed by atoms with Crippen molar-refractivity contribution in [3.63, 3.8) is 0 Å². The Morgan fingerprint density at radius 1 is 1.00 bits per heavy atom. The summed E-state index contributed by atoms with van der Waals surface area (Å²) in [6.45, 7) is 2.92. The number of halogens is 3. The number of hydrogen-bond donors (Lipinski definition) is 0. The third-order valence-corrected chi connectivity index (χ3v) is 3.77. The minimum absolute atomic E-state index is 0.0855. The number of ether oxygens (including phenoxy) is 2. The minimum Gasteiger partial charge on any atom is -0.479 e. The Balaban J connectivity index is 2.08. The molecular formula is C18H13F3O4. The van der Waals surface area contributed by atoms with Crippen LogP contribution in [0.3, 0.4) is 0 Å². The van der Waals surface area contributed by atoms with Crippen molar-refractivity contribution < 1.29 is 32.2 Å². The van der Waals surface area contributed by atoms with Crippen LogP contribution in [0.5, 0.6) is 11.5 Å². The molecule has 3 rings (SSSR count). The summed E-state index contributed by atoms with van der Waals surface area (Å²) in [5.74, 6) is -1.58. The molecule has 0 bridgehead atoms. The van der Waals surface area contributed by atoms with Crippen LogP contribution in [0, 0.1) is 0 Å².